The van der Waals surface area contributed by atoms with Gasteiger partial charge in [-0.2, -0.15) is 0 Å². The maximum absolute atomic E-state index is 6.04. The van der Waals surface area contributed by atoms with E-state index in [1.807, 2.05) is 0 Å². The molecule has 1 aromatic rings. The quantitative estimate of drug-likeness (QED) is 0.860. The summed E-state index contributed by atoms with van der Waals surface area (Å²) in [5.41, 5.74) is 0.271. The van der Waals surface area contributed by atoms with Gasteiger partial charge in [0.15, 0.2) is 0 Å². The first-order valence-corrected chi connectivity index (χ1v) is 7.22. The maximum atomic E-state index is 6.04. The van der Waals surface area contributed by atoms with Gasteiger partial charge in [-0.1, -0.05) is 32.4 Å². The highest BCUT2D eigenvalue weighted by Gasteiger charge is 2.27. The fraction of sp³-hybridized carbons (Fsp3) is 0.714. The molecule has 2 heterocycles. The van der Waals surface area contributed by atoms with Gasteiger partial charge in [0.05, 0.1) is 0 Å². The lowest BCUT2D eigenvalue weighted by Crippen LogP contribution is -2.33. The molecule has 0 aromatic carbocycles. The standard InChI is InChI=1S/C14H22ClN3O/c1-10(2)13-17-11(15)8-12(18-13)16-9-14(3)4-6-19-7-5-14/h8,10H,4-7,9H2,1-3H3,(H,16,17,18). The summed E-state index contributed by atoms with van der Waals surface area (Å²) in [6, 6.07) is 1.79. The molecule has 0 spiro atoms. The average molecular weight is 284 g/mol. The molecule has 5 heteroatoms. The Morgan fingerprint density at radius 2 is 2.05 bits per heavy atom. The summed E-state index contributed by atoms with van der Waals surface area (Å²) in [7, 11) is 0. The molecule has 1 aromatic heterocycles. The van der Waals surface area contributed by atoms with E-state index < -0.39 is 0 Å². The van der Waals surface area contributed by atoms with Crippen LogP contribution < -0.4 is 5.32 Å². The van der Waals surface area contributed by atoms with Gasteiger partial charge in [-0.15, -0.1) is 0 Å². The van der Waals surface area contributed by atoms with Gasteiger partial charge in [0.25, 0.3) is 0 Å². The minimum absolute atomic E-state index is 0.271. The van der Waals surface area contributed by atoms with Crippen molar-refractivity contribution in [3.8, 4) is 0 Å². The molecule has 1 aliphatic rings. The third-order valence-electron chi connectivity index (χ3n) is 3.62. The van der Waals surface area contributed by atoms with Gasteiger partial charge in [-0.3, -0.25) is 0 Å². The summed E-state index contributed by atoms with van der Waals surface area (Å²) in [6.07, 6.45) is 2.16. The summed E-state index contributed by atoms with van der Waals surface area (Å²) in [5.74, 6) is 1.88. The lowest BCUT2D eigenvalue weighted by atomic mass is 9.82. The van der Waals surface area contributed by atoms with Crippen molar-refractivity contribution in [1.29, 1.82) is 0 Å². The van der Waals surface area contributed by atoms with Crippen molar-refractivity contribution >= 4 is 17.4 Å². The Kier molecular flexibility index (Phi) is 4.63. The summed E-state index contributed by atoms with van der Waals surface area (Å²) in [5, 5.41) is 3.90. The number of hydrogen-bond acceptors (Lipinski definition) is 4. The van der Waals surface area contributed by atoms with Gasteiger partial charge in [0.2, 0.25) is 0 Å². The van der Waals surface area contributed by atoms with Gasteiger partial charge < -0.3 is 10.1 Å². The van der Waals surface area contributed by atoms with Crippen LogP contribution in [0.15, 0.2) is 6.07 Å². The molecule has 0 saturated carbocycles. The van der Waals surface area contributed by atoms with Crippen molar-refractivity contribution < 1.29 is 4.74 Å². The molecule has 4 nitrogen and oxygen atoms in total. The minimum Gasteiger partial charge on any atom is -0.381 e. The molecular formula is C14H22ClN3O. The van der Waals surface area contributed by atoms with E-state index in [-0.39, 0.29) is 11.3 Å². The van der Waals surface area contributed by atoms with E-state index in [4.69, 9.17) is 16.3 Å². The molecule has 1 aliphatic heterocycles. The van der Waals surface area contributed by atoms with Gasteiger partial charge in [-0.05, 0) is 18.3 Å². The highest BCUT2D eigenvalue weighted by molar-refractivity contribution is 6.29. The lowest BCUT2D eigenvalue weighted by Gasteiger charge is -2.33. The van der Waals surface area contributed by atoms with Crippen LogP contribution in [0.5, 0.6) is 0 Å². The largest absolute Gasteiger partial charge is 0.381 e. The molecule has 0 bridgehead atoms. The molecule has 0 radical (unpaired) electrons. The molecule has 0 amide bonds. The second-order valence-electron chi connectivity index (χ2n) is 5.87. The number of anilines is 1. The molecule has 2 rings (SSSR count). The van der Waals surface area contributed by atoms with Crippen molar-refractivity contribution in [3.05, 3.63) is 17.0 Å². The van der Waals surface area contributed by atoms with Crippen molar-refractivity contribution in [3.63, 3.8) is 0 Å². The van der Waals surface area contributed by atoms with Crippen molar-refractivity contribution in [2.75, 3.05) is 25.1 Å². The first-order chi connectivity index (χ1) is 8.98. The van der Waals surface area contributed by atoms with Crippen molar-refractivity contribution in [2.45, 2.75) is 39.5 Å². The third-order valence-corrected chi connectivity index (χ3v) is 3.82. The fourth-order valence-corrected chi connectivity index (χ4v) is 2.32. The average Bonchev–Trinajstić information content (AvgIpc) is 2.37. The zero-order valence-corrected chi connectivity index (χ0v) is 12.6. The van der Waals surface area contributed by atoms with Gasteiger partial charge >= 0.3 is 0 Å². The summed E-state index contributed by atoms with van der Waals surface area (Å²) < 4.78 is 5.41. The maximum Gasteiger partial charge on any atom is 0.135 e. The molecule has 1 N–H and O–H groups in total. The van der Waals surface area contributed by atoms with Crippen LogP contribution in [0.4, 0.5) is 5.82 Å². The second kappa shape index (κ2) is 6.06. The molecule has 1 saturated heterocycles. The number of nitrogens with zero attached hydrogens (tertiary/aromatic N) is 2. The number of ether oxygens (including phenoxy) is 1. The van der Waals surface area contributed by atoms with Crippen LogP contribution in [0.1, 0.15) is 45.4 Å². The molecule has 106 valence electrons. The predicted molar refractivity (Wildman–Crippen MR) is 77.8 cm³/mol. The Morgan fingerprint density at radius 3 is 2.68 bits per heavy atom. The molecule has 0 atom stereocenters. The zero-order chi connectivity index (χ0) is 13.9. The van der Waals surface area contributed by atoms with E-state index in [0.717, 1.165) is 44.2 Å². The fourth-order valence-electron chi connectivity index (χ4n) is 2.13. The van der Waals surface area contributed by atoms with E-state index in [9.17, 15) is 0 Å². The molecule has 19 heavy (non-hydrogen) atoms. The van der Waals surface area contributed by atoms with Crippen LogP contribution in [-0.2, 0) is 4.74 Å². The predicted octanol–water partition coefficient (Wildman–Crippen LogP) is 3.48. The van der Waals surface area contributed by atoms with E-state index in [1.54, 1.807) is 6.07 Å². The van der Waals surface area contributed by atoms with E-state index in [0.29, 0.717) is 5.15 Å². The monoisotopic (exact) mass is 283 g/mol. The number of rotatable bonds is 4. The van der Waals surface area contributed by atoms with Crippen LogP contribution in [0.3, 0.4) is 0 Å². The SMILES string of the molecule is CC(C)c1nc(Cl)cc(NCC2(C)CCOCC2)n1. The molecule has 0 aliphatic carbocycles. The number of halogens is 1. The third kappa shape index (κ3) is 4.05. The van der Waals surface area contributed by atoms with E-state index >= 15 is 0 Å². The number of nitrogens with one attached hydrogen (secondary N) is 1. The van der Waals surface area contributed by atoms with Crippen LogP contribution in [0.2, 0.25) is 5.15 Å². The van der Waals surface area contributed by atoms with Gasteiger partial charge in [-0.25, -0.2) is 9.97 Å². The zero-order valence-electron chi connectivity index (χ0n) is 11.9. The Bertz CT molecular complexity index is 431. The first-order valence-electron chi connectivity index (χ1n) is 6.85. The van der Waals surface area contributed by atoms with Crippen LogP contribution in [0, 0.1) is 5.41 Å². The van der Waals surface area contributed by atoms with Crippen LogP contribution in [0.25, 0.3) is 0 Å². The van der Waals surface area contributed by atoms with Gasteiger partial charge in [0.1, 0.15) is 16.8 Å². The molecular weight excluding hydrogens is 262 g/mol. The van der Waals surface area contributed by atoms with Crippen LogP contribution >= 0.6 is 11.6 Å². The Morgan fingerprint density at radius 1 is 1.37 bits per heavy atom. The van der Waals surface area contributed by atoms with E-state index in [2.05, 4.69) is 36.1 Å². The number of hydrogen-bond donors (Lipinski definition) is 1. The normalized spacial score (nSPS) is 18.6. The Hall–Kier alpha value is -0.870. The van der Waals surface area contributed by atoms with Crippen molar-refractivity contribution in [2.24, 2.45) is 5.41 Å². The van der Waals surface area contributed by atoms with Crippen molar-refractivity contribution in [1.82, 2.24) is 9.97 Å². The minimum atomic E-state index is 0.271. The summed E-state index contributed by atoms with van der Waals surface area (Å²) in [6.45, 7) is 9.00. The number of aromatic nitrogens is 2. The summed E-state index contributed by atoms with van der Waals surface area (Å²) in [4.78, 5) is 8.75. The highest BCUT2D eigenvalue weighted by Crippen LogP contribution is 2.30. The first kappa shape index (κ1) is 14.5. The van der Waals surface area contributed by atoms with Crippen LogP contribution in [-0.4, -0.2) is 29.7 Å². The Labute approximate surface area is 119 Å². The smallest absolute Gasteiger partial charge is 0.135 e. The van der Waals surface area contributed by atoms with E-state index in [1.165, 1.54) is 0 Å². The molecule has 0 unspecified atom stereocenters. The van der Waals surface area contributed by atoms with Gasteiger partial charge in [0, 0.05) is 31.7 Å². The summed E-state index contributed by atoms with van der Waals surface area (Å²) >= 11 is 6.04. The second-order valence-corrected chi connectivity index (χ2v) is 6.25. The lowest BCUT2D eigenvalue weighted by molar-refractivity contribution is 0.0299. The highest BCUT2D eigenvalue weighted by atomic mass is 35.5. The topological polar surface area (TPSA) is 47.0 Å². The molecule has 1 fully saturated rings. The Balaban J connectivity index is 2.02.